The first kappa shape index (κ1) is 25.4. The Labute approximate surface area is 236 Å². The smallest absolute Gasteiger partial charge is 0.343 e. The van der Waals surface area contributed by atoms with Gasteiger partial charge in [-0.15, -0.1) is 0 Å². The van der Waals surface area contributed by atoms with Crippen molar-refractivity contribution < 1.29 is 19.1 Å². The van der Waals surface area contributed by atoms with E-state index in [-0.39, 0.29) is 17.2 Å². The molecule has 4 aromatic rings. The third-order valence-corrected chi connectivity index (χ3v) is 8.07. The fraction of sp³-hybridized carbons (Fsp3) is 0.212. The van der Waals surface area contributed by atoms with Crippen molar-refractivity contribution in [2.75, 3.05) is 12.4 Å². The zero-order valence-electron chi connectivity index (χ0n) is 22.0. The van der Waals surface area contributed by atoms with Crippen molar-refractivity contribution in [1.29, 1.82) is 0 Å². The summed E-state index contributed by atoms with van der Waals surface area (Å²) in [6.45, 7) is 4.32. The molecule has 0 radical (unpaired) electrons. The first-order chi connectivity index (χ1) is 18.7. The molecule has 1 N–H and O–H groups in total. The van der Waals surface area contributed by atoms with E-state index in [4.69, 9.17) is 9.47 Å². The van der Waals surface area contributed by atoms with Gasteiger partial charge in [-0.05, 0) is 76.2 Å². The number of benzene rings is 4. The van der Waals surface area contributed by atoms with E-state index in [1.165, 1.54) is 0 Å². The highest BCUT2D eigenvalue weighted by Crippen LogP contribution is 2.52. The van der Waals surface area contributed by atoms with Crippen molar-refractivity contribution in [3.8, 4) is 11.5 Å². The molecule has 0 amide bonds. The molecule has 1 aliphatic carbocycles. The van der Waals surface area contributed by atoms with Gasteiger partial charge in [-0.25, -0.2) is 4.79 Å². The van der Waals surface area contributed by atoms with E-state index in [2.05, 4.69) is 59.4 Å². The van der Waals surface area contributed by atoms with E-state index < -0.39 is 5.97 Å². The van der Waals surface area contributed by atoms with Gasteiger partial charge in [0, 0.05) is 27.7 Å². The molecule has 6 heteroatoms. The minimum absolute atomic E-state index is 0.130. The largest absolute Gasteiger partial charge is 0.493 e. The van der Waals surface area contributed by atoms with Crippen molar-refractivity contribution in [1.82, 2.24) is 0 Å². The summed E-state index contributed by atoms with van der Waals surface area (Å²) in [5, 5.41) is 5.95. The van der Waals surface area contributed by atoms with Crippen LogP contribution in [-0.2, 0) is 4.79 Å². The molecular weight excluding hydrogens is 554 g/mol. The van der Waals surface area contributed by atoms with Crippen LogP contribution in [0.4, 0.5) is 5.69 Å². The highest BCUT2D eigenvalue weighted by molar-refractivity contribution is 9.10. The van der Waals surface area contributed by atoms with Gasteiger partial charge in [0.25, 0.3) is 0 Å². The number of carbonyl (C=O) groups excluding carboxylic acids is 2. The molecule has 0 spiro atoms. The van der Waals surface area contributed by atoms with E-state index in [9.17, 15) is 9.59 Å². The minimum Gasteiger partial charge on any atom is -0.493 e. The summed E-state index contributed by atoms with van der Waals surface area (Å²) in [5.74, 6) is 0.429. The number of carbonyl (C=O) groups is 2. The first-order valence-corrected chi connectivity index (χ1v) is 13.7. The molecular formula is C33H28BrNO4. The molecule has 0 saturated heterocycles. The number of allylic oxidation sites excluding steroid dienone is 1. The maximum atomic E-state index is 13.7. The van der Waals surface area contributed by atoms with Gasteiger partial charge >= 0.3 is 5.97 Å². The zero-order valence-corrected chi connectivity index (χ0v) is 23.6. The SMILES string of the molecule is COc1cc([C@H]2Nc3ccc4ccccc4c3C3=C2C(=O)CC(C)(C)C3)ccc1OC(=O)c1ccc(Br)cc1. The second-order valence-electron chi connectivity index (χ2n) is 10.9. The van der Waals surface area contributed by atoms with Crippen LogP contribution >= 0.6 is 15.9 Å². The summed E-state index contributed by atoms with van der Waals surface area (Å²) >= 11 is 3.38. The topological polar surface area (TPSA) is 64.6 Å². The Bertz CT molecular complexity index is 1670. The number of rotatable bonds is 4. The van der Waals surface area contributed by atoms with E-state index in [1.807, 2.05) is 24.3 Å². The lowest BCUT2D eigenvalue weighted by atomic mass is 9.68. The van der Waals surface area contributed by atoms with Gasteiger partial charge in [0.05, 0.1) is 18.7 Å². The Morgan fingerprint density at radius 2 is 1.72 bits per heavy atom. The lowest BCUT2D eigenvalue weighted by molar-refractivity contribution is -0.118. The average Bonchev–Trinajstić information content (AvgIpc) is 2.92. The zero-order chi connectivity index (χ0) is 27.3. The number of Topliss-reactive ketones (excluding diaryl/α,β-unsaturated/α-hetero) is 1. The summed E-state index contributed by atoms with van der Waals surface area (Å²) in [6.07, 6.45) is 1.30. The molecule has 1 atom stereocenters. The highest BCUT2D eigenvalue weighted by Gasteiger charge is 2.41. The van der Waals surface area contributed by atoms with Crippen LogP contribution in [0, 0.1) is 5.41 Å². The van der Waals surface area contributed by atoms with Crippen molar-refractivity contribution in [2.24, 2.45) is 5.41 Å². The second-order valence-corrected chi connectivity index (χ2v) is 11.8. The number of fused-ring (bicyclic) bond motifs is 4. The maximum Gasteiger partial charge on any atom is 0.343 e. The number of halogens is 1. The molecule has 5 nitrogen and oxygen atoms in total. The third-order valence-electron chi connectivity index (χ3n) is 7.54. The van der Waals surface area contributed by atoms with Gasteiger partial charge in [-0.3, -0.25) is 4.79 Å². The fourth-order valence-corrected chi connectivity index (χ4v) is 6.04. The first-order valence-electron chi connectivity index (χ1n) is 12.9. The standard InChI is InChI=1S/C33H28BrNO4/c1-33(2)17-24-29-23-7-5-4-6-19(23)10-14-25(29)35-31(30(24)26(36)18-33)21-11-15-27(28(16-21)38-3)39-32(37)20-8-12-22(34)13-9-20/h4-16,31,35H,17-18H2,1-3H3/t31-/m1/s1. The molecule has 0 fully saturated rings. The lowest BCUT2D eigenvalue weighted by Gasteiger charge is -2.40. The van der Waals surface area contributed by atoms with E-state index >= 15 is 0 Å². The van der Waals surface area contributed by atoms with Crippen LogP contribution in [-0.4, -0.2) is 18.9 Å². The molecule has 0 bridgehead atoms. The second kappa shape index (κ2) is 9.69. The minimum atomic E-state index is -0.472. The monoisotopic (exact) mass is 581 g/mol. The molecule has 0 unspecified atom stereocenters. The number of ether oxygens (including phenoxy) is 2. The van der Waals surface area contributed by atoms with Gasteiger partial charge in [0.15, 0.2) is 17.3 Å². The van der Waals surface area contributed by atoms with Crippen LogP contribution < -0.4 is 14.8 Å². The van der Waals surface area contributed by atoms with Crippen molar-refractivity contribution in [3.05, 3.63) is 106 Å². The predicted octanol–water partition coefficient (Wildman–Crippen LogP) is 8.14. The Kier molecular flexibility index (Phi) is 6.31. The third kappa shape index (κ3) is 4.63. The lowest BCUT2D eigenvalue weighted by Crippen LogP contribution is -2.33. The van der Waals surface area contributed by atoms with Crippen LogP contribution in [0.3, 0.4) is 0 Å². The normalized spacial score (nSPS) is 17.7. The average molecular weight is 582 g/mol. The quantitative estimate of drug-likeness (QED) is 0.194. The van der Waals surface area contributed by atoms with Crippen LogP contribution in [0.15, 0.2) is 88.9 Å². The number of methoxy groups -OCH3 is 1. The van der Waals surface area contributed by atoms with Gasteiger partial charge in [0.2, 0.25) is 0 Å². The van der Waals surface area contributed by atoms with Crippen molar-refractivity contribution in [3.63, 3.8) is 0 Å². The number of ketones is 1. The van der Waals surface area contributed by atoms with Crippen LogP contribution in [0.25, 0.3) is 16.3 Å². The van der Waals surface area contributed by atoms with Gasteiger partial charge < -0.3 is 14.8 Å². The molecule has 39 heavy (non-hydrogen) atoms. The number of hydrogen-bond donors (Lipinski definition) is 1. The number of anilines is 1. The Hall–Kier alpha value is -3.90. The molecule has 1 heterocycles. The van der Waals surface area contributed by atoms with Crippen molar-refractivity contribution in [2.45, 2.75) is 32.7 Å². The number of esters is 1. The number of hydrogen-bond acceptors (Lipinski definition) is 5. The van der Waals surface area contributed by atoms with E-state index in [1.54, 1.807) is 37.4 Å². The Morgan fingerprint density at radius 3 is 2.49 bits per heavy atom. The maximum absolute atomic E-state index is 13.7. The molecule has 0 saturated carbocycles. The van der Waals surface area contributed by atoms with E-state index in [0.717, 1.165) is 49.6 Å². The van der Waals surface area contributed by atoms with E-state index in [0.29, 0.717) is 23.5 Å². The van der Waals surface area contributed by atoms with Crippen LogP contribution in [0.2, 0.25) is 0 Å². The van der Waals surface area contributed by atoms with Crippen LogP contribution in [0.1, 0.15) is 54.2 Å². The summed E-state index contributed by atoms with van der Waals surface area (Å²) in [4.78, 5) is 26.5. The molecule has 196 valence electrons. The van der Waals surface area contributed by atoms with Crippen LogP contribution in [0.5, 0.6) is 11.5 Å². The molecule has 1 aliphatic heterocycles. The molecule has 6 rings (SSSR count). The Balaban J connectivity index is 1.42. The van der Waals surface area contributed by atoms with Gasteiger partial charge in [0.1, 0.15) is 0 Å². The summed E-state index contributed by atoms with van der Waals surface area (Å²) in [7, 11) is 1.55. The molecule has 4 aromatic carbocycles. The predicted molar refractivity (Wildman–Crippen MR) is 157 cm³/mol. The number of nitrogens with one attached hydrogen (secondary N) is 1. The fourth-order valence-electron chi connectivity index (χ4n) is 5.78. The van der Waals surface area contributed by atoms with Crippen molar-refractivity contribution >= 4 is 49.7 Å². The van der Waals surface area contributed by atoms with Gasteiger partial charge in [-0.2, -0.15) is 0 Å². The highest BCUT2D eigenvalue weighted by atomic mass is 79.9. The van der Waals surface area contributed by atoms with Gasteiger partial charge in [-0.1, -0.05) is 66.2 Å². The summed E-state index contributed by atoms with van der Waals surface area (Å²) < 4.78 is 12.2. The molecule has 0 aromatic heterocycles. The molecule has 2 aliphatic rings. The Morgan fingerprint density at radius 1 is 0.949 bits per heavy atom. The summed E-state index contributed by atoms with van der Waals surface area (Å²) in [5.41, 5.74) is 5.22. The summed E-state index contributed by atoms with van der Waals surface area (Å²) in [6, 6.07) is 24.7.